The summed E-state index contributed by atoms with van der Waals surface area (Å²) in [5.74, 6) is 0.322. The van der Waals surface area contributed by atoms with Crippen molar-refractivity contribution < 1.29 is 4.79 Å². The van der Waals surface area contributed by atoms with Crippen molar-refractivity contribution in [2.45, 2.75) is 50.6 Å². The summed E-state index contributed by atoms with van der Waals surface area (Å²) in [6.07, 6.45) is 6.95. The molecule has 4 rings (SSSR count). The van der Waals surface area contributed by atoms with E-state index in [0.29, 0.717) is 24.5 Å². The second kappa shape index (κ2) is 5.07. The van der Waals surface area contributed by atoms with Gasteiger partial charge in [-0.2, -0.15) is 0 Å². The second-order valence-corrected chi connectivity index (χ2v) is 6.93. The van der Waals surface area contributed by atoms with E-state index >= 15 is 0 Å². The first kappa shape index (κ1) is 12.7. The van der Waals surface area contributed by atoms with E-state index in [9.17, 15) is 4.79 Å². The van der Waals surface area contributed by atoms with E-state index in [1.54, 1.807) is 0 Å². The summed E-state index contributed by atoms with van der Waals surface area (Å²) >= 11 is 1.52. The second-order valence-electron chi connectivity index (χ2n) is 6.15. The maximum atomic E-state index is 12.5. The van der Waals surface area contributed by atoms with Crippen molar-refractivity contribution in [3.8, 4) is 0 Å². The van der Waals surface area contributed by atoms with Gasteiger partial charge in [-0.3, -0.25) is 9.69 Å². The first-order valence-corrected chi connectivity index (χ1v) is 8.45. The smallest absolute Gasteiger partial charge is 0.236 e. The Hall–Kier alpha value is -1.01. The molecule has 0 aliphatic carbocycles. The molecule has 1 aromatic rings. The average Bonchev–Trinajstić information content (AvgIpc) is 3.05. The molecular formula is C14H20N4OS. The van der Waals surface area contributed by atoms with Crippen LogP contribution in [0.5, 0.6) is 0 Å². The molecule has 2 fully saturated rings. The Morgan fingerprint density at radius 2 is 2.10 bits per heavy atom. The lowest BCUT2D eigenvalue weighted by atomic mass is 10.1. The van der Waals surface area contributed by atoms with Crippen LogP contribution in [0.2, 0.25) is 0 Å². The van der Waals surface area contributed by atoms with Crippen molar-refractivity contribution >= 4 is 17.4 Å². The number of likely N-dealkylation sites (tertiary alicyclic amines) is 1. The molecule has 1 aromatic heterocycles. The van der Waals surface area contributed by atoms with E-state index in [2.05, 4.69) is 19.4 Å². The number of aromatic nitrogens is 2. The number of hydrogen-bond acceptors (Lipinski definition) is 5. The highest BCUT2D eigenvalue weighted by atomic mass is 32.1. The predicted octanol–water partition coefficient (Wildman–Crippen LogP) is 1.61. The predicted molar refractivity (Wildman–Crippen MR) is 76.5 cm³/mol. The van der Waals surface area contributed by atoms with Crippen LogP contribution >= 0.6 is 11.5 Å². The van der Waals surface area contributed by atoms with Gasteiger partial charge in [-0.15, -0.1) is 5.10 Å². The monoisotopic (exact) mass is 292 g/mol. The minimum atomic E-state index is 0.322. The van der Waals surface area contributed by atoms with Crippen LogP contribution in [0.3, 0.4) is 0 Å². The van der Waals surface area contributed by atoms with Crippen LogP contribution in [0.15, 0.2) is 0 Å². The van der Waals surface area contributed by atoms with Crippen molar-refractivity contribution in [1.82, 2.24) is 19.4 Å². The van der Waals surface area contributed by atoms with Crippen molar-refractivity contribution in [3.63, 3.8) is 0 Å². The van der Waals surface area contributed by atoms with Crippen LogP contribution in [0.25, 0.3) is 0 Å². The number of carbonyl (C=O) groups excluding carboxylic acids is 1. The van der Waals surface area contributed by atoms with Crippen molar-refractivity contribution in [2.75, 3.05) is 19.6 Å². The number of piperidine rings is 1. The number of hydrogen-bond donors (Lipinski definition) is 0. The fourth-order valence-electron chi connectivity index (χ4n) is 3.91. The van der Waals surface area contributed by atoms with Crippen LogP contribution in [-0.2, 0) is 11.2 Å². The molecule has 0 N–H and O–H groups in total. The van der Waals surface area contributed by atoms with Crippen LogP contribution in [0.1, 0.15) is 48.7 Å². The first-order valence-electron chi connectivity index (χ1n) is 7.67. The maximum Gasteiger partial charge on any atom is 0.236 e. The highest BCUT2D eigenvalue weighted by molar-refractivity contribution is 7.05. The number of fused-ring (bicyclic) bond motifs is 4. The Morgan fingerprint density at radius 1 is 1.25 bits per heavy atom. The Bertz CT molecular complexity index is 511. The van der Waals surface area contributed by atoms with Crippen LogP contribution in [-0.4, -0.2) is 51.0 Å². The summed E-state index contributed by atoms with van der Waals surface area (Å²) in [7, 11) is 0. The van der Waals surface area contributed by atoms with Gasteiger partial charge in [0.15, 0.2) is 0 Å². The van der Waals surface area contributed by atoms with E-state index < -0.39 is 0 Å². The number of amides is 1. The van der Waals surface area contributed by atoms with Crippen LogP contribution in [0, 0.1) is 0 Å². The molecule has 0 aromatic carbocycles. The lowest BCUT2D eigenvalue weighted by molar-refractivity contribution is -0.134. The van der Waals surface area contributed by atoms with Gasteiger partial charge in [-0.25, -0.2) is 0 Å². The molecule has 2 saturated heterocycles. The van der Waals surface area contributed by atoms with Gasteiger partial charge >= 0.3 is 0 Å². The summed E-state index contributed by atoms with van der Waals surface area (Å²) in [6.45, 7) is 2.50. The number of carbonyl (C=O) groups is 1. The minimum absolute atomic E-state index is 0.322. The minimum Gasteiger partial charge on any atom is -0.342 e. The third-order valence-corrected chi connectivity index (χ3v) is 5.85. The van der Waals surface area contributed by atoms with Gasteiger partial charge in [0.2, 0.25) is 5.91 Å². The SMILES string of the molecule is O=C(CN1[C@@H]2CC[C@@H]1c1snnc1C2)N1CCCCC1. The van der Waals surface area contributed by atoms with Gasteiger partial charge < -0.3 is 4.90 Å². The fraction of sp³-hybridized carbons (Fsp3) is 0.786. The fourth-order valence-corrected chi connectivity index (χ4v) is 4.74. The highest BCUT2D eigenvalue weighted by Crippen LogP contribution is 2.44. The van der Waals surface area contributed by atoms with Crippen molar-refractivity contribution in [2.24, 2.45) is 0 Å². The molecule has 2 atom stereocenters. The van der Waals surface area contributed by atoms with E-state index in [1.165, 1.54) is 47.8 Å². The topological polar surface area (TPSA) is 49.3 Å². The molecule has 1 amide bonds. The van der Waals surface area contributed by atoms with E-state index in [-0.39, 0.29) is 0 Å². The molecule has 20 heavy (non-hydrogen) atoms. The van der Waals surface area contributed by atoms with E-state index in [1.807, 2.05) is 0 Å². The molecule has 6 heteroatoms. The number of nitrogens with zero attached hydrogens (tertiary/aromatic N) is 4. The maximum absolute atomic E-state index is 12.5. The van der Waals surface area contributed by atoms with Crippen LogP contribution in [0.4, 0.5) is 0 Å². The summed E-state index contributed by atoms with van der Waals surface area (Å²) in [5.41, 5.74) is 1.18. The standard InChI is InChI=1S/C14H20N4OS/c19-13(17-6-2-1-3-7-17)9-18-10-4-5-12(18)14-11(8-10)15-16-20-14/h10,12H,1-9H2/t10-,12-/m1/s1. The first-order chi connectivity index (χ1) is 9.83. The van der Waals surface area contributed by atoms with Crippen molar-refractivity contribution in [1.29, 1.82) is 0 Å². The van der Waals surface area contributed by atoms with Gasteiger partial charge in [0.25, 0.3) is 0 Å². The summed E-state index contributed by atoms with van der Waals surface area (Å²) in [4.78, 5) is 18.3. The van der Waals surface area contributed by atoms with Gasteiger partial charge in [-0.05, 0) is 43.6 Å². The Balaban J connectivity index is 1.48. The molecule has 0 saturated carbocycles. The lowest BCUT2D eigenvalue weighted by Crippen LogP contribution is -2.46. The quantitative estimate of drug-likeness (QED) is 0.831. The van der Waals surface area contributed by atoms with Crippen LogP contribution < -0.4 is 0 Å². The van der Waals surface area contributed by atoms with Gasteiger partial charge in [0, 0.05) is 31.6 Å². The summed E-state index contributed by atoms with van der Waals surface area (Å²) in [6, 6.07) is 0.905. The average molecular weight is 292 g/mol. The van der Waals surface area contributed by atoms with E-state index in [4.69, 9.17) is 0 Å². The molecule has 3 aliphatic heterocycles. The Labute approximate surface area is 123 Å². The zero-order valence-corrected chi connectivity index (χ0v) is 12.4. The third kappa shape index (κ3) is 2.05. The molecule has 4 heterocycles. The Kier molecular flexibility index (Phi) is 3.22. The Morgan fingerprint density at radius 3 is 2.95 bits per heavy atom. The normalized spacial score (nSPS) is 29.5. The van der Waals surface area contributed by atoms with E-state index in [0.717, 1.165) is 25.9 Å². The van der Waals surface area contributed by atoms with Crippen molar-refractivity contribution in [3.05, 3.63) is 10.6 Å². The zero-order chi connectivity index (χ0) is 13.5. The van der Waals surface area contributed by atoms with Gasteiger partial charge in [0.05, 0.1) is 17.1 Å². The molecule has 5 nitrogen and oxygen atoms in total. The molecular weight excluding hydrogens is 272 g/mol. The highest BCUT2D eigenvalue weighted by Gasteiger charge is 2.43. The molecule has 0 radical (unpaired) electrons. The molecule has 3 aliphatic rings. The third-order valence-electron chi connectivity index (χ3n) is 4.99. The molecule has 0 unspecified atom stereocenters. The largest absolute Gasteiger partial charge is 0.342 e. The summed E-state index contributed by atoms with van der Waals surface area (Å²) < 4.78 is 4.10. The lowest BCUT2D eigenvalue weighted by Gasteiger charge is -2.35. The molecule has 108 valence electrons. The zero-order valence-electron chi connectivity index (χ0n) is 11.6. The molecule has 2 bridgehead atoms. The van der Waals surface area contributed by atoms with Gasteiger partial charge in [0.1, 0.15) is 0 Å². The molecule has 0 spiro atoms. The van der Waals surface area contributed by atoms with Gasteiger partial charge in [-0.1, -0.05) is 4.49 Å². The summed E-state index contributed by atoms with van der Waals surface area (Å²) in [5, 5.41) is 4.25. The number of rotatable bonds is 2.